The summed E-state index contributed by atoms with van der Waals surface area (Å²) in [4.78, 5) is 35.8. The van der Waals surface area contributed by atoms with Gasteiger partial charge in [0.15, 0.2) is 5.76 Å². The number of rotatable bonds is 6. The van der Waals surface area contributed by atoms with Gasteiger partial charge < -0.3 is 14.2 Å². The van der Waals surface area contributed by atoms with Crippen LogP contribution < -0.4 is 5.32 Å². The lowest BCUT2D eigenvalue weighted by Gasteiger charge is -2.25. The first-order valence-electron chi connectivity index (χ1n) is 7.87. The Morgan fingerprint density at radius 3 is 2.84 bits per heavy atom. The lowest BCUT2D eigenvalue weighted by molar-refractivity contribution is -0.145. The minimum Gasteiger partial charge on any atom is -0.459 e. The summed E-state index contributed by atoms with van der Waals surface area (Å²) in [5, 5.41) is 6.07. The first-order chi connectivity index (χ1) is 12.1. The molecule has 0 aliphatic carbocycles. The average Bonchev–Trinajstić information content (AvgIpc) is 3.09. The van der Waals surface area contributed by atoms with E-state index >= 15 is 0 Å². The molecule has 3 amide bonds. The fourth-order valence-electron chi connectivity index (χ4n) is 2.38. The van der Waals surface area contributed by atoms with Gasteiger partial charge in [-0.3, -0.25) is 14.9 Å². The highest BCUT2D eigenvalue weighted by Gasteiger charge is 2.23. The molecule has 25 heavy (non-hydrogen) atoms. The Kier molecular flexibility index (Phi) is 5.08. The molecule has 2 heterocycles. The van der Waals surface area contributed by atoms with E-state index in [0.29, 0.717) is 18.0 Å². The fraction of sp³-hybridized carbons (Fsp3) is 0.294. The van der Waals surface area contributed by atoms with Crippen LogP contribution in [0, 0.1) is 0 Å². The molecular weight excluding hydrogens is 326 g/mol. The van der Waals surface area contributed by atoms with Crippen LogP contribution in [-0.4, -0.2) is 41.1 Å². The van der Waals surface area contributed by atoms with Crippen LogP contribution in [-0.2, 0) is 20.9 Å². The molecule has 0 atom stereocenters. The molecule has 2 aromatic rings. The molecule has 1 aliphatic rings. The molecule has 3 rings (SSSR count). The van der Waals surface area contributed by atoms with Crippen molar-refractivity contribution >= 4 is 17.9 Å². The normalized spacial score (nSPS) is 14.3. The van der Waals surface area contributed by atoms with Crippen molar-refractivity contribution in [3.63, 3.8) is 0 Å². The molecular formula is C17H17N3O5. The average molecular weight is 343 g/mol. The number of ether oxygens (including phenoxy) is 1. The van der Waals surface area contributed by atoms with E-state index < -0.39 is 12.0 Å². The van der Waals surface area contributed by atoms with Gasteiger partial charge in [0.05, 0.1) is 6.42 Å². The summed E-state index contributed by atoms with van der Waals surface area (Å²) in [6.07, 6.45) is 0.285. The van der Waals surface area contributed by atoms with E-state index in [4.69, 9.17) is 9.26 Å². The van der Waals surface area contributed by atoms with Gasteiger partial charge in [-0.1, -0.05) is 35.5 Å². The van der Waals surface area contributed by atoms with Gasteiger partial charge in [0, 0.05) is 31.1 Å². The van der Waals surface area contributed by atoms with Crippen LogP contribution in [0.4, 0.5) is 4.79 Å². The second kappa shape index (κ2) is 7.61. The van der Waals surface area contributed by atoms with Crippen molar-refractivity contribution in [2.45, 2.75) is 19.4 Å². The molecule has 1 N–H and O–H groups in total. The van der Waals surface area contributed by atoms with Crippen molar-refractivity contribution in [2.24, 2.45) is 0 Å². The van der Waals surface area contributed by atoms with Gasteiger partial charge in [0.1, 0.15) is 12.3 Å². The summed E-state index contributed by atoms with van der Waals surface area (Å²) >= 11 is 0. The topological polar surface area (TPSA) is 102 Å². The number of carbonyl (C=O) groups is 3. The number of nitrogens with zero attached hydrogens (tertiary/aromatic N) is 2. The van der Waals surface area contributed by atoms with Gasteiger partial charge in [-0.05, 0) is 0 Å². The number of aromatic nitrogens is 1. The van der Waals surface area contributed by atoms with Crippen molar-refractivity contribution in [1.82, 2.24) is 15.4 Å². The molecule has 8 heteroatoms. The zero-order chi connectivity index (χ0) is 17.6. The summed E-state index contributed by atoms with van der Waals surface area (Å²) < 4.78 is 10.4. The third-order valence-electron chi connectivity index (χ3n) is 3.73. The van der Waals surface area contributed by atoms with Gasteiger partial charge >= 0.3 is 12.0 Å². The minimum atomic E-state index is -0.479. The number of nitrogens with one attached hydrogen (secondary N) is 1. The summed E-state index contributed by atoms with van der Waals surface area (Å²) in [5.74, 6) is -0.153. The lowest BCUT2D eigenvalue weighted by Crippen LogP contribution is -2.49. The van der Waals surface area contributed by atoms with E-state index in [1.165, 1.54) is 4.90 Å². The number of hydrogen-bond donors (Lipinski definition) is 1. The Bertz CT molecular complexity index is 772. The van der Waals surface area contributed by atoms with E-state index in [9.17, 15) is 14.4 Å². The van der Waals surface area contributed by atoms with Crippen LogP contribution in [0.25, 0.3) is 11.3 Å². The number of esters is 1. The Morgan fingerprint density at radius 2 is 2.08 bits per heavy atom. The molecule has 1 saturated heterocycles. The van der Waals surface area contributed by atoms with Crippen molar-refractivity contribution in [3.05, 3.63) is 42.1 Å². The van der Waals surface area contributed by atoms with Crippen LogP contribution in [0.15, 0.2) is 40.9 Å². The zero-order valence-electron chi connectivity index (χ0n) is 13.4. The van der Waals surface area contributed by atoms with Gasteiger partial charge in [-0.25, -0.2) is 4.79 Å². The van der Waals surface area contributed by atoms with E-state index in [0.717, 1.165) is 5.56 Å². The second-order valence-electron chi connectivity index (χ2n) is 5.55. The molecule has 1 aromatic carbocycles. The zero-order valence-corrected chi connectivity index (χ0v) is 13.4. The Labute approximate surface area is 143 Å². The third kappa shape index (κ3) is 4.43. The highest BCUT2D eigenvalue weighted by atomic mass is 16.5. The van der Waals surface area contributed by atoms with Crippen molar-refractivity contribution in [2.75, 3.05) is 13.1 Å². The molecule has 1 aliphatic heterocycles. The maximum atomic E-state index is 11.8. The predicted octanol–water partition coefficient (Wildman–Crippen LogP) is 1.72. The number of urea groups is 1. The van der Waals surface area contributed by atoms with Crippen molar-refractivity contribution in [1.29, 1.82) is 0 Å². The van der Waals surface area contributed by atoms with Gasteiger partial charge in [0.2, 0.25) is 5.91 Å². The van der Waals surface area contributed by atoms with Crippen LogP contribution in [0.2, 0.25) is 0 Å². The number of benzene rings is 1. The molecule has 0 saturated carbocycles. The van der Waals surface area contributed by atoms with E-state index in [1.807, 2.05) is 30.3 Å². The predicted molar refractivity (Wildman–Crippen MR) is 86.1 cm³/mol. The minimum absolute atomic E-state index is 0.000150. The van der Waals surface area contributed by atoms with Crippen LogP contribution in [0.5, 0.6) is 0 Å². The second-order valence-corrected chi connectivity index (χ2v) is 5.55. The molecule has 0 unspecified atom stereocenters. The number of hydrogen-bond acceptors (Lipinski definition) is 6. The van der Waals surface area contributed by atoms with Crippen molar-refractivity contribution in [3.8, 4) is 11.3 Å². The smallest absolute Gasteiger partial charge is 0.324 e. The van der Waals surface area contributed by atoms with Gasteiger partial charge in [0.25, 0.3) is 0 Å². The lowest BCUT2D eigenvalue weighted by atomic mass is 10.2. The van der Waals surface area contributed by atoms with Crippen LogP contribution in [0.3, 0.4) is 0 Å². The molecule has 0 spiro atoms. The maximum absolute atomic E-state index is 11.8. The summed E-state index contributed by atoms with van der Waals surface area (Å²) in [7, 11) is 0. The van der Waals surface area contributed by atoms with E-state index in [1.54, 1.807) is 6.07 Å². The summed E-state index contributed by atoms with van der Waals surface area (Å²) in [6, 6.07) is 10.7. The monoisotopic (exact) mass is 343 g/mol. The van der Waals surface area contributed by atoms with Gasteiger partial charge in [-0.2, -0.15) is 0 Å². The molecule has 1 fully saturated rings. The van der Waals surface area contributed by atoms with Crippen LogP contribution in [0.1, 0.15) is 18.5 Å². The van der Waals surface area contributed by atoms with Crippen LogP contribution >= 0.6 is 0 Å². The quantitative estimate of drug-likeness (QED) is 0.801. The SMILES string of the molecule is O=C1CCN(CCC(=O)OCc2cc(-c3ccccc3)on2)C(=O)N1. The number of amides is 3. The van der Waals surface area contributed by atoms with E-state index in [2.05, 4.69) is 10.5 Å². The standard InChI is InChI=1S/C17H17N3O5/c21-15-6-8-20(17(23)18-15)9-7-16(22)24-11-13-10-14(25-19-13)12-4-2-1-3-5-12/h1-5,10H,6-9,11H2,(H,18,21,23). The molecule has 130 valence electrons. The Hall–Kier alpha value is -3.16. The first kappa shape index (κ1) is 16.7. The highest BCUT2D eigenvalue weighted by Crippen LogP contribution is 2.20. The molecule has 0 radical (unpaired) electrons. The largest absolute Gasteiger partial charge is 0.459 e. The van der Waals surface area contributed by atoms with E-state index in [-0.39, 0.29) is 31.9 Å². The highest BCUT2D eigenvalue weighted by molar-refractivity contribution is 5.96. The molecule has 1 aromatic heterocycles. The maximum Gasteiger partial charge on any atom is 0.324 e. The fourth-order valence-corrected chi connectivity index (χ4v) is 2.38. The molecule has 8 nitrogen and oxygen atoms in total. The van der Waals surface area contributed by atoms with Gasteiger partial charge in [-0.15, -0.1) is 0 Å². The Morgan fingerprint density at radius 1 is 1.28 bits per heavy atom. The third-order valence-corrected chi connectivity index (χ3v) is 3.73. The summed E-state index contributed by atoms with van der Waals surface area (Å²) in [5.41, 5.74) is 1.40. The molecule has 0 bridgehead atoms. The Balaban J connectivity index is 1.44. The number of imide groups is 1. The summed E-state index contributed by atoms with van der Waals surface area (Å²) in [6.45, 7) is 0.507. The number of carbonyl (C=O) groups excluding carboxylic acids is 3. The first-order valence-corrected chi connectivity index (χ1v) is 7.87. The van der Waals surface area contributed by atoms with Crippen molar-refractivity contribution < 1.29 is 23.6 Å².